The van der Waals surface area contributed by atoms with Crippen LogP contribution in [0.15, 0.2) is 24.3 Å². The van der Waals surface area contributed by atoms with Crippen LogP contribution < -0.4 is 5.73 Å². The fourth-order valence-corrected chi connectivity index (χ4v) is 4.46. The molecule has 0 amide bonds. The smallest absolute Gasteiger partial charge is 0.218 e. The van der Waals surface area contributed by atoms with Crippen molar-refractivity contribution in [3.63, 3.8) is 0 Å². The van der Waals surface area contributed by atoms with Crippen molar-refractivity contribution in [1.82, 2.24) is 4.31 Å². The number of thiocarbonyl (C=S) groups is 1. The molecule has 1 fully saturated rings. The second-order valence-electron chi connectivity index (χ2n) is 5.59. The Morgan fingerprint density at radius 1 is 1.38 bits per heavy atom. The van der Waals surface area contributed by atoms with Gasteiger partial charge in [-0.3, -0.25) is 0 Å². The molecule has 1 aliphatic heterocycles. The summed E-state index contributed by atoms with van der Waals surface area (Å²) >= 11 is 4.90. The first-order valence-electron chi connectivity index (χ1n) is 7.29. The van der Waals surface area contributed by atoms with E-state index in [0.717, 1.165) is 30.4 Å². The predicted molar refractivity (Wildman–Crippen MR) is 89.5 cm³/mol. The van der Waals surface area contributed by atoms with E-state index in [0.29, 0.717) is 24.0 Å². The van der Waals surface area contributed by atoms with Crippen molar-refractivity contribution in [3.8, 4) is 0 Å². The first-order chi connectivity index (χ1) is 9.92. The Morgan fingerprint density at radius 3 is 2.62 bits per heavy atom. The van der Waals surface area contributed by atoms with Crippen LogP contribution in [0.25, 0.3) is 0 Å². The Labute approximate surface area is 132 Å². The standard InChI is InChI=1S/C15H22N2O2S2/c1-2-12-4-3-9-17(10-12)21(18,19)11-13-5-7-14(8-6-13)15(16)20/h5-8,12H,2-4,9-11H2,1H3,(H2,16,20). The normalized spacial score (nSPS) is 20.3. The third-order valence-electron chi connectivity index (χ3n) is 4.04. The number of hydrogen-bond donors (Lipinski definition) is 1. The van der Waals surface area contributed by atoms with Crippen molar-refractivity contribution in [3.05, 3.63) is 35.4 Å². The van der Waals surface area contributed by atoms with Gasteiger partial charge in [0.15, 0.2) is 0 Å². The Balaban J connectivity index is 2.08. The van der Waals surface area contributed by atoms with Crippen LogP contribution in [0.1, 0.15) is 37.3 Å². The van der Waals surface area contributed by atoms with Gasteiger partial charge in [-0.1, -0.05) is 49.8 Å². The number of rotatable bonds is 5. The number of piperidine rings is 1. The zero-order valence-electron chi connectivity index (χ0n) is 12.3. The van der Waals surface area contributed by atoms with Gasteiger partial charge < -0.3 is 5.73 Å². The second-order valence-corrected chi connectivity index (χ2v) is 8.00. The first kappa shape index (κ1) is 16.4. The molecule has 0 aliphatic carbocycles. The van der Waals surface area contributed by atoms with Gasteiger partial charge in [-0.05, 0) is 24.3 Å². The second kappa shape index (κ2) is 6.85. The SMILES string of the molecule is CCC1CCCN(S(=O)(=O)Cc2ccc(C(N)=S)cc2)C1. The summed E-state index contributed by atoms with van der Waals surface area (Å²) in [5.74, 6) is 0.534. The van der Waals surface area contributed by atoms with Gasteiger partial charge in [-0.25, -0.2) is 12.7 Å². The van der Waals surface area contributed by atoms with Crippen LogP contribution in [0, 0.1) is 5.92 Å². The van der Waals surface area contributed by atoms with E-state index in [1.165, 1.54) is 0 Å². The molecule has 2 rings (SSSR count). The molecule has 0 spiro atoms. The van der Waals surface area contributed by atoms with Crippen LogP contribution in [-0.4, -0.2) is 30.8 Å². The summed E-state index contributed by atoms with van der Waals surface area (Å²) in [5, 5.41) is 0. The van der Waals surface area contributed by atoms with Gasteiger partial charge in [0, 0.05) is 18.7 Å². The third-order valence-corrected chi connectivity index (χ3v) is 6.09. The van der Waals surface area contributed by atoms with Crippen molar-refractivity contribution >= 4 is 27.2 Å². The van der Waals surface area contributed by atoms with E-state index in [1.807, 2.05) is 0 Å². The van der Waals surface area contributed by atoms with Gasteiger partial charge in [0.25, 0.3) is 0 Å². The minimum absolute atomic E-state index is 0.0427. The quantitative estimate of drug-likeness (QED) is 0.843. The number of sulfonamides is 1. The lowest BCUT2D eigenvalue weighted by Crippen LogP contribution is -2.40. The van der Waals surface area contributed by atoms with Gasteiger partial charge in [0.2, 0.25) is 10.0 Å². The van der Waals surface area contributed by atoms with E-state index < -0.39 is 10.0 Å². The Bertz CT molecular complexity index is 597. The summed E-state index contributed by atoms with van der Waals surface area (Å²) in [4.78, 5) is 0.325. The molecule has 2 N–H and O–H groups in total. The molecule has 0 bridgehead atoms. The summed E-state index contributed by atoms with van der Waals surface area (Å²) in [6.45, 7) is 3.42. The van der Waals surface area contributed by atoms with Gasteiger partial charge >= 0.3 is 0 Å². The van der Waals surface area contributed by atoms with E-state index in [-0.39, 0.29) is 5.75 Å². The van der Waals surface area contributed by atoms with Gasteiger partial charge in [0.1, 0.15) is 4.99 Å². The zero-order chi connectivity index (χ0) is 15.5. The molecule has 1 aliphatic rings. The maximum Gasteiger partial charge on any atom is 0.218 e. The van der Waals surface area contributed by atoms with Crippen LogP contribution in [0.5, 0.6) is 0 Å². The average Bonchev–Trinajstić information content (AvgIpc) is 2.47. The summed E-state index contributed by atoms with van der Waals surface area (Å²) in [5.41, 5.74) is 7.07. The molecule has 0 radical (unpaired) electrons. The molecule has 1 heterocycles. The topological polar surface area (TPSA) is 63.4 Å². The number of hydrogen-bond acceptors (Lipinski definition) is 3. The third kappa shape index (κ3) is 4.25. The van der Waals surface area contributed by atoms with E-state index >= 15 is 0 Å². The summed E-state index contributed by atoms with van der Waals surface area (Å²) in [7, 11) is -3.24. The molecule has 1 atom stereocenters. The molecule has 1 aromatic rings. The lowest BCUT2D eigenvalue weighted by molar-refractivity contribution is 0.261. The van der Waals surface area contributed by atoms with Crippen molar-refractivity contribution in [2.75, 3.05) is 13.1 Å². The minimum Gasteiger partial charge on any atom is -0.389 e. The molecule has 0 saturated carbocycles. The van der Waals surface area contributed by atoms with E-state index in [9.17, 15) is 8.42 Å². The van der Waals surface area contributed by atoms with E-state index in [1.54, 1.807) is 28.6 Å². The fourth-order valence-electron chi connectivity index (χ4n) is 2.68. The number of nitrogens with zero attached hydrogens (tertiary/aromatic N) is 1. The molecule has 1 unspecified atom stereocenters. The van der Waals surface area contributed by atoms with Gasteiger partial charge in [0.05, 0.1) is 5.75 Å². The summed E-state index contributed by atoms with van der Waals surface area (Å²) < 4.78 is 26.7. The van der Waals surface area contributed by atoms with Crippen LogP contribution in [0.2, 0.25) is 0 Å². The maximum absolute atomic E-state index is 12.5. The molecule has 0 aromatic heterocycles. The highest BCUT2D eigenvalue weighted by Gasteiger charge is 2.28. The highest BCUT2D eigenvalue weighted by atomic mass is 32.2. The molecule has 4 nitrogen and oxygen atoms in total. The fraction of sp³-hybridized carbons (Fsp3) is 0.533. The van der Waals surface area contributed by atoms with E-state index in [2.05, 4.69) is 6.92 Å². The summed E-state index contributed by atoms with van der Waals surface area (Å²) in [6, 6.07) is 7.12. The van der Waals surface area contributed by atoms with Crippen LogP contribution >= 0.6 is 12.2 Å². The number of nitrogens with two attached hydrogens (primary N) is 1. The minimum atomic E-state index is -3.24. The predicted octanol–water partition coefficient (Wildman–Crippen LogP) is 2.27. The largest absolute Gasteiger partial charge is 0.389 e. The van der Waals surface area contributed by atoms with Crippen molar-refractivity contribution in [2.45, 2.75) is 31.9 Å². The Kier molecular flexibility index (Phi) is 5.35. The first-order valence-corrected chi connectivity index (χ1v) is 9.30. The van der Waals surface area contributed by atoms with Crippen LogP contribution in [0.3, 0.4) is 0 Å². The van der Waals surface area contributed by atoms with Crippen molar-refractivity contribution in [1.29, 1.82) is 0 Å². The highest BCUT2D eigenvalue weighted by molar-refractivity contribution is 7.88. The average molecular weight is 326 g/mol. The maximum atomic E-state index is 12.5. The molecule has 21 heavy (non-hydrogen) atoms. The van der Waals surface area contributed by atoms with Crippen LogP contribution in [0.4, 0.5) is 0 Å². The van der Waals surface area contributed by atoms with Gasteiger partial charge in [-0.2, -0.15) is 0 Å². The molecular weight excluding hydrogens is 304 g/mol. The lowest BCUT2D eigenvalue weighted by Gasteiger charge is -2.31. The monoisotopic (exact) mass is 326 g/mol. The molecule has 1 saturated heterocycles. The molecule has 1 aromatic carbocycles. The van der Waals surface area contributed by atoms with Crippen molar-refractivity contribution < 1.29 is 8.42 Å². The zero-order valence-corrected chi connectivity index (χ0v) is 13.9. The van der Waals surface area contributed by atoms with Gasteiger partial charge in [-0.15, -0.1) is 0 Å². The highest BCUT2D eigenvalue weighted by Crippen LogP contribution is 2.23. The Morgan fingerprint density at radius 2 is 2.05 bits per heavy atom. The lowest BCUT2D eigenvalue weighted by atomic mass is 9.97. The van der Waals surface area contributed by atoms with E-state index in [4.69, 9.17) is 18.0 Å². The van der Waals surface area contributed by atoms with Crippen molar-refractivity contribution in [2.24, 2.45) is 11.7 Å². The molecular formula is C15H22N2O2S2. The molecule has 6 heteroatoms. The Hall–Kier alpha value is -0.980. The molecule has 116 valence electrons. The summed E-state index contributed by atoms with van der Waals surface area (Å²) in [6.07, 6.45) is 3.12. The van der Waals surface area contributed by atoms with Crippen LogP contribution in [-0.2, 0) is 15.8 Å². The number of benzene rings is 1.